The Kier molecular flexibility index (Phi) is 6.13. The monoisotopic (exact) mass is 370 g/mol. The van der Waals surface area contributed by atoms with Gasteiger partial charge in [-0.2, -0.15) is 0 Å². The maximum atomic E-state index is 12.0. The van der Waals surface area contributed by atoms with Crippen molar-refractivity contribution in [3.8, 4) is 5.75 Å². The van der Waals surface area contributed by atoms with Crippen LogP contribution >= 0.6 is 11.6 Å². The van der Waals surface area contributed by atoms with E-state index in [4.69, 9.17) is 16.3 Å². The van der Waals surface area contributed by atoms with E-state index in [1.165, 1.54) is 24.3 Å². The Labute approximate surface area is 144 Å². The lowest BCUT2D eigenvalue weighted by Gasteiger charge is -2.08. The summed E-state index contributed by atoms with van der Waals surface area (Å²) >= 11 is 5.75. The third-order valence-electron chi connectivity index (χ3n) is 3.01. The molecule has 2 rings (SSSR count). The molecule has 0 unspecified atom stereocenters. The van der Waals surface area contributed by atoms with Gasteiger partial charge in [0.15, 0.2) is 0 Å². The largest absolute Gasteiger partial charge is 0.492 e. The highest BCUT2D eigenvalue weighted by atomic mass is 35.5. The Bertz CT molecular complexity index is 792. The predicted molar refractivity (Wildman–Crippen MR) is 90.7 cm³/mol. The van der Waals surface area contributed by atoms with Crippen LogP contribution in [0.2, 0.25) is 5.02 Å². The van der Waals surface area contributed by atoms with Crippen LogP contribution in [0.1, 0.15) is 5.56 Å². The molecular weight excluding hydrogens is 356 g/mol. The van der Waals surface area contributed by atoms with Crippen LogP contribution in [0.4, 0.5) is 5.69 Å². The van der Waals surface area contributed by atoms with Crippen molar-refractivity contribution < 1.29 is 18.1 Å². The molecule has 0 amide bonds. The van der Waals surface area contributed by atoms with Crippen molar-refractivity contribution in [1.82, 2.24) is 4.72 Å². The molecule has 2 aromatic carbocycles. The van der Waals surface area contributed by atoms with Crippen molar-refractivity contribution in [2.24, 2.45) is 0 Å². The number of halogens is 1. The van der Waals surface area contributed by atoms with Gasteiger partial charge in [-0.3, -0.25) is 10.1 Å². The number of ether oxygens (including phenoxy) is 1. The van der Waals surface area contributed by atoms with E-state index in [0.717, 1.165) is 0 Å². The van der Waals surface area contributed by atoms with E-state index in [1.54, 1.807) is 24.3 Å². The van der Waals surface area contributed by atoms with E-state index in [-0.39, 0.29) is 24.6 Å². The average Bonchev–Trinajstić information content (AvgIpc) is 2.53. The maximum Gasteiger partial charge on any atom is 0.269 e. The molecule has 0 saturated carbocycles. The predicted octanol–water partition coefficient (Wildman–Crippen LogP) is 2.75. The number of nitrogens with one attached hydrogen (secondary N) is 1. The molecule has 0 saturated heterocycles. The van der Waals surface area contributed by atoms with E-state index < -0.39 is 14.9 Å². The number of nitrogens with zero attached hydrogens (tertiary/aromatic N) is 1. The summed E-state index contributed by atoms with van der Waals surface area (Å²) in [5, 5.41) is 11.2. The van der Waals surface area contributed by atoms with Gasteiger partial charge >= 0.3 is 0 Å². The quantitative estimate of drug-likeness (QED) is 0.437. The minimum Gasteiger partial charge on any atom is -0.492 e. The summed E-state index contributed by atoms with van der Waals surface area (Å²) in [5.74, 6) is 0.334. The lowest BCUT2D eigenvalue weighted by atomic mass is 10.2. The molecule has 2 aromatic rings. The van der Waals surface area contributed by atoms with E-state index in [9.17, 15) is 18.5 Å². The first kappa shape index (κ1) is 18.2. The summed E-state index contributed by atoms with van der Waals surface area (Å²) in [6.45, 7) is 0.277. The molecule has 0 aromatic heterocycles. The van der Waals surface area contributed by atoms with Gasteiger partial charge in [0.1, 0.15) is 12.4 Å². The first-order valence-corrected chi connectivity index (χ1v) is 8.98. The van der Waals surface area contributed by atoms with E-state index >= 15 is 0 Å². The number of hydrogen-bond donors (Lipinski definition) is 1. The molecule has 0 aliphatic carbocycles. The lowest BCUT2D eigenvalue weighted by molar-refractivity contribution is -0.384. The van der Waals surface area contributed by atoms with Crippen molar-refractivity contribution in [2.45, 2.75) is 5.75 Å². The molecule has 0 spiro atoms. The van der Waals surface area contributed by atoms with Crippen LogP contribution in [0.15, 0.2) is 48.5 Å². The van der Waals surface area contributed by atoms with Crippen molar-refractivity contribution in [3.63, 3.8) is 0 Å². The van der Waals surface area contributed by atoms with Crippen LogP contribution in [0.3, 0.4) is 0 Å². The van der Waals surface area contributed by atoms with E-state index in [1.807, 2.05) is 0 Å². The zero-order valence-corrected chi connectivity index (χ0v) is 14.1. The van der Waals surface area contributed by atoms with Gasteiger partial charge in [-0.25, -0.2) is 13.1 Å². The molecule has 0 heterocycles. The highest BCUT2D eigenvalue weighted by Crippen LogP contribution is 2.15. The molecule has 7 nitrogen and oxygen atoms in total. The minimum absolute atomic E-state index is 0.0829. The second-order valence-corrected chi connectivity index (χ2v) is 7.12. The Hall–Kier alpha value is -2.16. The fourth-order valence-corrected chi connectivity index (χ4v) is 3.13. The summed E-state index contributed by atoms with van der Waals surface area (Å²) in [6.07, 6.45) is 0. The summed E-state index contributed by atoms with van der Waals surface area (Å²) in [6, 6.07) is 12.1. The Morgan fingerprint density at radius 2 is 1.71 bits per heavy atom. The third-order valence-corrected chi connectivity index (χ3v) is 4.62. The van der Waals surface area contributed by atoms with Crippen LogP contribution in [0.25, 0.3) is 0 Å². The number of nitro benzene ring substituents is 1. The van der Waals surface area contributed by atoms with Crippen LogP contribution in [0.5, 0.6) is 5.75 Å². The third kappa shape index (κ3) is 5.80. The van der Waals surface area contributed by atoms with Crippen LogP contribution in [-0.4, -0.2) is 26.5 Å². The molecule has 0 atom stereocenters. The van der Waals surface area contributed by atoms with Gasteiger partial charge in [-0.05, 0) is 29.8 Å². The summed E-state index contributed by atoms with van der Waals surface area (Å²) < 4.78 is 31.7. The fraction of sp³-hybridized carbons (Fsp3) is 0.200. The molecule has 1 N–H and O–H groups in total. The number of sulfonamides is 1. The number of rotatable bonds is 8. The van der Waals surface area contributed by atoms with Crippen LogP contribution < -0.4 is 9.46 Å². The average molecular weight is 371 g/mol. The molecule has 24 heavy (non-hydrogen) atoms. The normalized spacial score (nSPS) is 11.2. The van der Waals surface area contributed by atoms with Crippen molar-refractivity contribution >= 4 is 27.3 Å². The van der Waals surface area contributed by atoms with Crippen molar-refractivity contribution in [3.05, 3.63) is 69.2 Å². The number of non-ortho nitro benzene ring substituents is 1. The van der Waals surface area contributed by atoms with Gasteiger partial charge in [0.25, 0.3) is 5.69 Å². The Balaban J connectivity index is 1.80. The molecule has 0 bridgehead atoms. The molecule has 0 radical (unpaired) electrons. The highest BCUT2D eigenvalue weighted by molar-refractivity contribution is 7.88. The number of hydrogen-bond acceptors (Lipinski definition) is 5. The molecular formula is C15H15ClN2O5S. The van der Waals surface area contributed by atoms with E-state index in [2.05, 4.69) is 4.72 Å². The molecule has 0 aliphatic heterocycles. The maximum absolute atomic E-state index is 12.0. The topological polar surface area (TPSA) is 98.5 Å². The SMILES string of the molecule is O=[N+]([O-])c1ccc(CS(=O)(=O)NCCOc2ccc(Cl)cc2)cc1. The molecule has 0 aliphatic rings. The summed E-state index contributed by atoms with van der Waals surface area (Å²) in [7, 11) is -3.55. The van der Waals surface area contributed by atoms with Gasteiger partial charge in [-0.1, -0.05) is 23.7 Å². The molecule has 0 fully saturated rings. The summed E-state index contributed by atoms with van der Waals surface area (Å²) in [4.78, 5) is 10.0. The molecule has 9 heteroatoms. The zero-order valence-electron chi connectivity index (χ0n) is 12.5. The van der Waals surface area contributed by atoms with E-state index in [0.29, 0.717) is 16.3 Å². The second-order valence-electron chi connectivity index (χ2n) is 4.88. The van der Waals surface area contributed by atoms with Crippen molar-refractivity contribution in [2.75, 3.05) is 13.2 Å². The number of nitro groups is 1. The minimum atomic E-state index is -3.55. The number of benzene rings is 2. The zero-order chi connectivity index (χ0) is 17.6. The van der Waals surface area contributed by atoms with Gasteiger partial charge in [0.2, 0.25) is 10.0 Å². The van der Waals surface area contributed by atoms with Crippen LogP contribution in [0, 0.1) is 10.1 Å². The lowest BCUT2D eigenvalue weighted by Crippen LogP contribution is -2.29. The first-order valence-electron chi connectivity index (χ1n) is 6.95. The Morgan fingerprint density at radius 1 is 1.08 bits per heavy atom. The fourth-order valence-electron chi connectivity index (χ4n) is 1.88. The van der Waals surface area contributed by atoms with Gasteiger partial charge in [0, 0.05) is 23.7 Å². The smallest absolute Gasteiger partial charge is 0.269 e. The highest BCUT2D eigenvalue weighted by Gasteiger charge is 2.12. The Morgan fingerprint density at radius 3 is 2.29 bits per heavy atom. The standard InChI is InChI=1S/C15H15ClN2O5S/c16-13-3-7-15(8-4-13)23-10-9-17-24(21,22)11-12-1-5-14(6-2-12)18(19)20/h1-8,17H,9-11H2. The first-order chi connectivity index (χ1) is 11.4. The second kappa shape index (κ2) is 8.09. The van der Waals surface area contributed by atoms with Gasteiger partial charge < -0.3 is 4.74 Å². The van der Waals surface area contributed by atoms with Gasteiger partial charge in [-0.15, -0.1) is 0 Å². The van der Waals surface area contributed by atoms with Crippen molar-refractivity contribution in [1.29, 1.82) is 0 Å². The van der Waals surface area contributed by atoms with Gasteiger partial charge in [0.05, 0.1) is 10.7 Å². The van der Waals surface area contributed by atoms with Crippen LogP contribution in [-0.2, 0) is 15.8 Å². The molecule has 128 valence electrons. The summed E-state index contributed by atoms with van der Waals surface area (Å²) in [5.41, 5.74) is 0.382.